The van der Waals surface area contributed by atoms with Gasteiger partial charge in [0.2, 0.25) is 12.0 Å². The average Bonchev–Trinajstić information content (AvgIpc) is 3.38. The maximum Gasteiger partial charge on any atom is 0.429 e. The molecule has 2 aromatic carbocycles. The molecule has 0 radical (unpaired) electrons. The van der Waals surface area contributed by atoms with Gasteiger partial charge in [-0.25, -0.2) is 9.97 Å². The quantitative estimate of drug-likeness (QED) is 0.361. The van der Waals surface area contributed by atoms with Gasteiger partial charge < -0.3 is 20.0 Å². The maximum absolute atomic E-state index is 14.0. The van der Waals surface area contributed by atoms with Crippen LogP contribution in [0.4, 0.5) is 13.2 Å². The van der Waals surface area contributed by atoms with Gasteiger partial charge in [-0.2, -0.15) is 13.2 Å². The van der Waals surface area contributed by atoms with E-state index in [1.807, 2.05) is 0 Å². The van der Waals surface area contributed by atoms with Gasteiger partial charge in [-0.15, -0.1) is 0 Å². The third-order valence-electron chi connectivity index (χ3n) is 5.22. The zero-order chi connectivity index (χ0) is 25.0. The molecule has 2 heterocycles. The number of rotatable bonds is 8. The second kappa shape index (κ2) is 9.98. The SMILES string of the molecule is N[C@@H](Cc1ccc(-c2cnc(OC(c3ccccc3-c3ccco3)C(F)(F)F)cn2)cc1)C(=O)O. The topological polar surface area (TPSA) is 111 Å². The van der Waals surface area contributed by atoms with E-state index in [1.54, 1.807) is 42.5 Å². The van der Waals surface area contributed by atoms with E-state index in [0.717, 1.165) is 11.8 Å². The second-order valence-electron chi connectivity index (χ2n) is 7.69. The number of carboxylic acids is 1. The summed E-state index contributed by atoms with van der Waals surface area (Å²) < 4.78 is 52.5. The van der Waals surface area contributed by atoms with E-state index in [4.69, 9.17) is 20.0 Å². The Morgan fingerprint density at radius 2 is 1.77 bits per heavy atom. The van der Waals surface area contributed by atoms with E-state index in [9.17, 15) is 18.0 Å². The predicted molar refractivity (Wildman–Crippen MR) is 120 cm³/mol. The molecule has 1 unspecified atom stereocenters. The van der Waals surface area contributed by atoms with Crippen LogP contribution in [0.3, 0.4) is 0 Å². The molecule has 180 valence electrons. The van der Waals surface area contributed by atoms with Crippen molar-refractivity contribution in [1.82, 2.24) is 9.97 Å². The Morgan fingerprint density at radius 1 is 1.03 bits per heavy atom. The first-order valence-electron chi connectivity index (χ1n) is 10.5. The van der Waals surface area contributed by atoms with Crippen molar-refractivity contribution >= 4 is 5.97 Å². The lowest BCUT2D eigenvalue weighted by Gasteiger charge is -2.23. The molecule has 4 rings (SSSR count). The molecule has 7 nitrogen and oxygen atoms in total. The number of hydrogen-bond acceptors (Lipinski definition) is 6. The summed E-state index contributed by atoms with van der Waals surface area (Å²) in [5, 5.41) is 8.92. The Labute approximate surface area is 198 Å². The maximum atomic E-state index is 14.0. The molecule has 2 aromatic heterocycles. The Morgan fingerprint density at radius 3 is 2.37 bits per heavy atom. The van der Waals surface area contributed by atoms with E-state index in [1.165, 1.54) is 30.7 Å². The van der Waals surface area contributed by atoms with E-state index in [-0.39, 0.29) is 29.2 Å². The van der Waals surface area contributed by atoms with Crippen molar-refractivity contribution in [3.63, 3.8) is 0 Å². The van der Waals surface area contributed by atoms with Crippen molar-refractivity contribution in [2.24, 2.45) is 5.73 Å². The van der Waals surface area contributed by atoms with Crippen molar-refractivity contribution in [3.05, 3.63) is 90.4 Å². The van der Waals surface area contributed by atoms with Crippen molar-refractivity contribution in [2.45, 2.75) is 24.7 Å². The van der Waals surface area contributed by atoms with Gasteiger partial charge in [0.15, 0.2) is 0 Å². The van der Waals surface area contributed by atoms with Crippen molar-refractivity contribution in [1.29, 1.82) is 0 Å². The first-order chi connectivity index (χ1) is 16.7. The molecular weight excluding hydrogens is 463 g/mol. The molecule has 10 heteroatoms. The second-order valence-corrected chi connectivity index (χ2v) is 7.69. The van der Waals surface area contributed by atoms with Gasteiger partial charge in [0.05, 0.1) is 24.4 Å². The van der Waals surface area contributed by atoms with Gasteiger partial charge in [0.1, 0.15) is 11.8 Å². The van der Waals surface area contributed by atoms with Gasteiger partial charge in [0, 0.05) is 16.7 Å². The van der Waals surface area contributed by atoms with Crippen LogP contribution in [0.5, 0.6) is 5.88 Å². The fourth-order valence-corrected chi connectivity index (χ4v) is 3.49. The Hall–Kier alpha value is -4.18. The summed E-state index contributed by atoms with van der Waals surface area (Å²) in [5.74, 6) is -1.11. The highest BCUT2D eigenvalue weighted by atomic mass is 19.4. The largest absolute Gasteiger partial charge is 0.480 e. The number of furan rings is 1. The highest BCUT2D eigenvalue weighted by molar-refractivity contribution is 5.73. The highest BCUT2D eigenvalue weighted by Gasteiger charge is 2.44. The number of aromatic nitrogens is 2. The lowest BCUT2D eigenvalue weighted by atomic mass is 10.00. The number of alkyl halides is 3. The highest BCUT2D eigenvalue weighted by Crippen LogP contribution is 2.40. The lowest BCUT2D eigenvalue weighted by Crippen LogP contribution is -2.32. The van der Waals surface area contributed by atoms with Crippen LogP contribution in [0.2, 0.25) is 0 Å². The summed E-state index contributed by atoms with van der Waals surface area (Å²) in [5.41, 5.74) is 7.46. The molecule has 0 saturated carbocycles. The Kier molecular flexibility index (Phi) is 6.83. The van der Waals surface area contributed by atoms with Gasteiger partial charge >= 0.3 is 12.1 Å². The molecule has 2 atom stereocenters. The van der Waals surface area contributed by atoms with Gasteiger partial charge in [-0.05, 0) is 24.1 Å². The van der Waals surface area contributed by atoms with Crippen molar-refractivity contribution in [3.8, 4) is 28.5 Å². The Balaban J connectivity index is 1.55. The molecule has 0 aliphatic heterocycles. The third kappa shape index (κ3) is 5.67. The number of halogens is 3. The van der Waals surface area contributed by atoms with Gasteiger partial charge in [-0.1, -0.05) is 48.5 Å². The Bertz CT molecular complexity index is 1270. The zero-order valence-corrected chi connectivity index (χ0v) is 18.1. The predicted octanol–water partition coefficient (Wildman–Crippen LogP) is 5.04. The molecular formula is C25H20F3N3O4. The number of benzene rings is 2. The van der Waals surface area contributed by atoms with Crippen LogP contribution in [0.15, 0.2) is 83.7 Å². The van der Waals surface area contributed by atoms with E-state index in [2.05, 4.69) is 9.97 Å². The number of carbonyl (C=O) groups is 1. The normalized spacial score (nSPS) is 13.3. The lowest BCUT2D eigenvalue weighted by molar-refractivity contribution is -0.198. The first-order valence-corrected chi connectivity index (χ1v) is 10.5. The van der Waals surface area contributed by atoms with Gasteiger partial charge in [-0.3, -0.25) is 4.79 Å². The summed E-state index contributed by atoms with van der Waals surface area (Å²) >= 11 is 0. The summed E-state index contributed by atoms with van der Waals surface area (Å²) in [6.07, 6.45) is -3.05. The smallest absolute Gasteiger partial charge is 0.429 e. The van der Waals surface area contributed by atoms with E-state index in [0.29, 0.717) is 11.3 Å². The zero-order valence-electron chi connectivity index (χ0n) is 18.1. The molecule has 4 aromatic rings. The summed E-state index contributed by atoms with van der Waals surface area (Å²) in [6, 6.07) is 14.9. The van der Waals surface area contributed by atoms with Crippen LogP contribution >= 0.6 is 0 Å². The summed E-state index contributed by atoms with van der Waals surface area (Å²) in [4.78, 5) is 19.1. The first kappa shape index (κ1) is 24.0. The monoisotopic (exact) mass is 483 g/mol. The molecule has 0 aliphatic rings. The minimum Gasteiger partial charge on any atom is -0.480 e. The van der Waals surface area contributed by atoms with E-state index < -0.39 is 24.3 Å². The average molecular weight is 483 g/mol. The molecule has 0 fully saturated rings. The minimum absolute atomic E-state index is 0.115. The minimum atomic E-state index is -4.73. The fraction of sp³-hybridized carbons (Fsp3) is 0.160. The van der Waals surface area contributed by atoms with Crippen LogP contribution in [0, 0.1) is 0 Å². The number of nitrogens with two attached hydrogens (primary N) is 1. The fourth-order valence-electron chi connectivity index (χ4n) is 3.49. The number of carboxylic acid groups (broad SMARTS) is 1. The molecule has 3 N–H and O–H groups in total. The number of nitrogens with zero attached hydrogens (tertiary/aromatic N) is 2. The van der Waals surface area contributed by atoms with Crippen molar-refractivity contribution in [2.75, 3.05) is 0 Å². The van der Waals surface area contributed by atoms with E-state index >= 15 is 0 Å². The molecule has 0 aliphatic carbocycles. The van der Waals surface area contributed by atoms with Crippen LogP contribution < -0.4 is 10.5 Å². The summed E-state index contributed by atoms with van der Waals surface area (Å²) in [7, 11) is 0. The third-order valence-corrected chi connectivity index (χ3v) is 5.22. The molecule has 0 bridgehead atoms. The standard InChI is InChI=1S/C25H20F3N3O4/c26-25(27,28)23(18-5-2-1-4-17(18)21-6-3-11-34-21)35-22-14-30-20(13-31-22)16-9-7-15(8-10-16)12-19(29)24(32)33/h1-11,13-14,19,23H,12,29H2,(H,32,33)/t19-,23?/m0/s1. The number of hydrogen-bond donors (Lipinski definition) is 2. The number of aliphatic carboxylic acids is 1. The molecule has 0 amide bonds. The molecule has 0 saturated heterocycles. The van der Waals surface area contributed by atoms with Crippen LogP contribution in [-0.2, 0) is 11.2 Å². The van der Waals surface area contributed by atoms with Gasteiger partial charge in [0.25, 0.3) is 0 Å². The number of ether oxygens (including phenoxy) is 1. The van der Waals surface area contributed by atoms with Crippen LogP contribution in [-0.4, -0.2) is 33.3 Å². The van der Waals surface area contributed by atoms with Crippen molar-refractivity contribution < 1.29 is 32.2 Å². The van der Waals surface area contributed by atoms with Crippen LogP contribution in [0.25, 0.3) is 22.6 Å². The van der Waals surface area contributed by atoms with Crippen LogP contribution in [0.1, 0.15) is 17.2 Å². The summed E-state index contributed by atoms with van der Waals surface area (Å²) in [6.45, 7) is 0. The molecule has 0 spiro atoms. The molecule has 35 heavy (non-hydrogen) atoms.